The van der Waals surface area contributed by atoms with Gasteiger partial charge in [-0.1, -0.05) is 60.7 Å². The van der Waals surface area contributed by atoms with Crippen LogP contribution in [0.5, 0.6) is 0 Å². The fraction of sp³-hybridized carbons (Fsp3) is 0.429. The summed E-state index contributed by atoms with van der Waals surface area (Å²) in [5, 5.41) is 3.04. The third kappa shape index (κ3) is 7.42. The first-order valence-corrected chi connectivity index (χ1v) is 14.3. The molecule has 2 aromatic carbocycles. The van der Waals surface area contributed by atoms with Crippen LogP contribution in [0, 0.1) is 0 Å². The van der Waals surface area contributed by atoms with E-state index in [4.69, 9.17) is 4.74 Å². The van der Waals surface area contributed by atoms with Crippen molar-refractivity contribution in [1.82, 2.24) is 19.8 Å². The van der Waals surface area contributed by atoms with Gasteiger partial charge in [0.2, 0.25) is 15.0 Å². The molecule has 0 unspecified atom stereocenters. The Balaban J connectivity index is 1.68. The molecule has 2 amide bonds. The number of urea groups is 1. The lowest BCUT2D eigenvalue weighted by atomic mass is 10.1. The monoisotopic (exact) mass is 524 g/mol. The Kier molecular flexibility index (Phi) is 8.34. The molecule has 1 aromatic heterocycles. The number of carbonyl (C=O) groups is 1. The highest BCUT2D eigenvalue weighted by atomic mass is 32.2. The summed E-state index contributed by atoms with van der Waals surface area (Å²) < 4.78 is 34.6. The van der Waals surface area contributed by atoms with E-state index in [0.29, 0.717) is 31.0 Å². The van der Waals surface area contributed by atoms with Crippen LogP contribution in [-0.2, 0) is 33.4 Å². The molecular weight excluding hydrogens is 488 g/mol. The molecule has 1 atom stereocenters. The number of amides is 2. The second kappa shape index (κ2) is 11.5. The van der Waals surface area contributed by atoms with E-state index in [0.717, 1.165) is 18.4 Å². The van der Waals surface area contributed by atoms with Gasteiger partial charge >= 0.3 is 6.03 Å². The number of hydrogen-bond donors (Lipinski definition) is 1. The normalized spacial score (nSPS) is 16.0. The first-order chi connectivity index (χ1) is 17.6. The number of rotatable bonds is 9. The van der Waals surface area contributed by atoms with E-state index in [-0.39, 0.29) is 29.6 Å². The SMILES string of the molecule is CC(C)(C)NC(=O)N(Cc1cnc(S(=O)(=O)Cc2ccccc2)n1Cc1ccccc1)C[C@H]1CCCO1. The highest BCUT2D eigenvalue weighted by molar-refractivity contribution is 7.90. The molecule has 3 aromatic rings. The van der Waals surface area contributed by atoms with Crippen molar-refractivity contribution in [3.05, 3.63) is 83.7 Å². The lowest BCUT2D eigenvalue weighted by Gasteiger charge is -2.30. The molecule has 1 aliphatic rings. The molecule has 1 saturated heterocycles. The van der Waals surface area contributed by atoms with Crippen LogP contribution in [0.15, 0.2) is 72.0 Å². The highest BCUT2D eigenvalue weighted by Crippen LogP contribution is 2.22. The molecule has 8 nitrogen and oxygen atoms in total. The molecule has 9 heteroatoms. The number of carbonyl (C=O) groups excluding carboxylic acids is 1. The van der Waals surface area contributed by atoms with Gasteiger partial charge in [-0.15, -0.1) is 0 Å². The minimum atomic E-state index is -3.74. The highest BCUT2D eigenvalue weighted by Gasteiger charge is 2.29. The number of imidazole rings is 1. The van der Waals surface area contributed by atoms with Crippen LogP contribution in [-0.4, -0.2) is 53.7 Å². The number of aromatic nitrogens is 2. The lowest BCUT2D eigenvalue weighted by molar-refractivity contribution is 0.0775. The van der Waals surface area contributed by atoms with Gasteiger partial charge in [-0.3, -0.25) is 0 Å². The zero-order chi connectivity index (χ0) is 26.5. The van der Waals surface area contributed by atoms with Crippen molar-refractivity contribution in [2.24, 2.45) is 0 Å². The number of ether oxygens (including phenoxy) is 1. The summed E-state index contributed by atoms with van der Waals surface area (Å²) in [6.07, 6.45) is 3.39. The Labute approximate surface area is 219 Å². The van der Waals surface area contributed by atoms with Crippen LogP contribution in [0.25, 0.3) is 0 Å². The van der Waals surface area contributed by atoms with E-state index >= 15 is 0 Å². The summed E-state index contributed by atoms with van der Waals surface area (Å²) in [6.45, 7) is 7.45. The maximum Gasteiger partial charge on any atom is 0.318 e. The van der Waals surface area contributed by atoms with Gasteiger partial charge in [-0.2, -0.15) is 0 Å². The van der Waals surface area contributed by atoms with Gasteiger partial charge < -0.3 is 19.5 Å². The van der Waals surface area contributed by atoms with E-state index in [9.17, 15) is 13.2 Å². The Morgan fingerprint density at radius 2 is 1.73 bits per heavy atom. The second-order valence-corrected chi connectivity index (χ2v) is 12.4. The molecule has 1 aliphatic heterocycles. The second-order valence-electron chi connectivity index (χ2n) is 10.5. The fourth-order valence-corrected chi connectivity index (χ4v) is 5.90. The van der Waals surface area contributed by atoms with Crippen molar-refractivity contribution in [1.29, 1.82) is 0 Å². The Bertz CT molecular complexity index is 1280. The van der Waals surface area contributed by atoms with E-state index in [1.54, 1.807) is 27.8 Å². The fourth-order valence-electron chi connectivity index (χ4n) is 4.41. The largest absolute Gasteiger partial charge is 0.376 e. The number of nitrogens with one attached hydrogen (secondary N) is 1. The van der Waals surface area contributed by atoms with Gasteiger partial charge in [0.15, 0.2) is 0 Å². The summed E-state index contributed by atoms with van der Waals surface area (Å²) in [4.78, 5) is 19.4. The molecule has 2 heterocycles. The Morgan fingerprint density at radius 3 is 2.32 bits per heavy atom. The molecule has 0 radical (unpaired) electrons. The molecule has 0 bridgehead atoms. The van der Waals surface area contributed by atoms with Crippen LogP contribution in [0.3, 0.4) is 0 Å². The van der Waals surface area contributed by atoms with Crippen molar-refractivity contribution in [2.45, 2.75) is 69.3 Å². The zero-order valence-corrected chi connectivity index (χ0v) is 22.6. The average molecular weight is 525 g/mol. The minimum absolute atomic E-state index is 0.00324. The molecule has 37 heavy (non-hydrogen) atoms. The quantitative estimate of drug-likeness (QED) is 0.448. The van der Waals surface area contributed by atoms with Crippen molar-refractivity contribution in [2.75, 3.05) is 13.2 Å². The number of hydrogen-bond acceptors (Lipinski definition) is 5. The van der Waals surface area contributed by atoms with Gasteiger partial charge in [-0.25, -0.2) is 18.2 Å². The predicted molar refractivity (Wildman–Crippen MR) is 143 cm³/mol. The van der Waals surface area contributed by atoms with Gasteiger partial charge in [0, 0.05) is 18.7 Å². The molecule has 0 aliphatic carbocycles. The summed E-state index contributed by atoms with van der Waals surface area (Å²) in [6, 6.07) is 18.5. The summed E-state index contributed by atoms with van der Waals surface area (Å²) in [7, 11) is -3.74. The topological polar surface area (TPSA) is 93.5 Å². The van der Waals surface area contributed by atoms with Gasteiger partial charge in [0.05, 0.1) is 36.8 Å². The molecule has 1 fully saturated rings. The molecule has 198 valence electrons. The summed E-state index contributed by atoms with van der Waals surface area (Å²) in [5.41, 5.74) is 1.88. The maximum absolute atomic E-state index is 13.5. The van der Waals surface area contributed by atoms with E-state index in [1.807, 2.05) is 69.3 Å². The third-order valence-corrected chi connectivity index (χ3v) is 7.73. The number of nitrogens with zero attached hydrogens (tertiary/aromatic N) is 3. The molecule has 1 N–H and O–H groups in total. The smallest absolute Gasteiger partial charge is 0.318 e. The molecule has 4 rings (SSSR count). The number of sulfone groups is 1. The zero-order valence-electron chi connectivity index (χ0n) is 21.8. The third-order valence-electron chi connectivity index (χ3n) is 6.13. The predicted octanol–water partition coefficient (Wildman–Crippen LogP) is 4.39. The van der Waals surface area contributed by atoms with Gasteiger partial charge in [0.25, 0.3) is 0 Å². The molecular formula is C28H36N4O4S. The Morgan fingerprint density at radius 1 is 1.08 bits per heavy atom. The summed E-state index contributed by atoms with van der Waals surface area (Å²) >= 11 is 0. The average Bonchev–Trinajstić information content (AvgIpc) is 3.49. The van der Waals surface area contributed by atoms with E-state index in [1.165, 1.54) is 0 Å². The van der Waals surface area contributed by atoms with Crippen molar-refractivity contribution >= 4 is 15.9 Å². The first kappa shape index (κ1) is 26.9. The molecule has 0 spiro atoms. The van der Waals surface area contributed by atoms with Crippen molar-refractivity contribution < 1.29 is 17.9 Å². The Hall–Kier alpha value is -3.17. The number of benzene rings is 2. The van der Waals surface area contributed by atoms with E-state index in [2.05, 4.69) is 10.3 Å². The van der Waals surface area contributed by atoms with Crippen LogP contribution < -0.4 is 5.32 Å². The van der Waals surface area contributed by atoms with E-state index < -0.39 is 15.4 Å². The standard InChI is InChI=1S/C28H36N4O4S/c1-28(2,3)30-26(33)31(20-25-15-10-16-36-25)19-24-17-29-27(32(24)18-22-11-6-4-7-12-22)37(34,35)21-23-13-8-5-9-14-23/h4-9,11-14,17,25H,10,15-16,18-21H2,1-3H3,(H,30,33)/t25-/m1/s1. The van der Waals surface area contributed by atoms with Crippen LogP contribution in [0.2, 0.25) is 0 Å². The van der Waals surface area contributed by atoms with Crippen LogP contribution >= 0.6 is 0 Å². The van der Waals surface area contributed by atoms with Crippen LogP contribution in [0.4, 0.5) is 4.79 Å². The minimum Gasteiger partial charge on any atom is -0.376 e. The van der Waals surface area contributed by atoms with Gasteiger partial charge in [0.1, 0.15) is 0 Å². The summed E-state index contributed by atoms with van der Waals surface area (Å²) in [5.74, 6) is -0.150. The maximum atomic E-state index is 13.5. The van der Waals surface area contributed by atoms with Gasteiger partial charge in [-0.05, 0) is 44.7 Å². The lowest BCUT2D eigenvalue weighted by Crippen LogP contribution is -2.50. The van der Waals surface area contributed by atoms with Crippen molar-refractivity contribution in [3.8, 4) is 0 Å². The van der Waals surface area contributed by atoms with Crippen molar-refractivity contribution in [3.63, 3.8) is 0 Å². The first-order valence-electron chi connectivity index (χ1n) is 12.6. The van der Waals surface area contributed by atoms with Crippen LogP contribution in [0.1, 0.15) is 50.4 Å². The molecule has 0 saturated carbocycles.